The number of carbonyl (C=O) groups is 2. The van der Waals surface area contributed by atoms with E-state index in [-0.39, 0.29) is 18.3 Å². The molecule has 0 aliphatic carbocycles. The topological polar surface area (TPSA) is 72.1 Å². The Morgan fingerprint density at radius 2 is 2.14 bits per heavy atom. The van der Waals surface area contributed by atoms with Crippen LogP contribution >= 0.6 is 23.4 Å². The van der Waals surface area contributed by atoms with E-state index in [0.717, 1.165) is 4.91 Å². The van der Waals surface area contributed by atoms with E-state index in [1.807, 2.05) is 6.26 Å². The molecule has 1 aliphatic heterocycles. The van der Waals surface area contributed by atoms with Crippen molar-refractivity contribution in [1.82, 2.24) is 0 Å². The number of halogens is 1. The van der Waals surface area contributed by atoms with Crippen LogP contribution in [0.4, 0.5) is 5.69 Å². The van der Waals surface area contributed by atoms with Crippen LogP contribution < -0.4 is 5.01 Å². The fourth-order valence-corrected chi connectivity index (χ4v) is 3.54. The first-order valence-corrected chi connectivity index (χ1v) is 10.3. The zero-order chi connectivity index (χ0) is 21.0. The number of benzene rings is 1. The Bertz CT molecular complexity index is 1030. The minimum absolute atomic E-state index is 0.0948. The summed E-state index contributed by atoms with van der Waals surface area (Å²) in [6.45, 7) is 1.76. The molecule has 1 aromatic heterocycles. The lowest BCUT2D eigenvalue weighted by Crippen LogP contribution is -2.22. The molecule has 0 radical (unpaired) electrons. The van der Waals surface area contributed by atoms with Crippen LogP contribution in [0.25, 0.3) is 5.57 Å². The zero-order valence-corrected chi connectivity index (χ0v) is 17.7. The van der Waals surface area contributed by atoms with Gasteiger partial charge in [0.05, 0.1) is 36.8 Å². The number of amides is 1. The fraction of sp³-hybridized carbons (Fsp3) is 0.190. The fourth-order valence-electron chi connectivity index (χ4n) is 2.85. The Hall–Kier alpha value is -2.77. The number of thioether (sulfide) groups is 1. The highest BCUT2D eigenvalue weighted by atomic mass is 35.5. The highest BCUT2D eigenvalue weighted by molar-refractivity contribution is 8.02. The van der Waals surface area contributed by atoms with E-state index in [4.69, 9.17) is 20.8 Å². The van der Waals surface area contributed by atoms with Crippen molar-refractivity contribution in [3.05, 3.63) is 70.0 Å². The molecule has 8 heteroatoms. The second kappa shape index (κ2) is 9.15. The lowest BCUT2D eigenvalue weighted by atomic mass is 10.0. The summed E-state index contributed by atoms with van der Waals surface area (Å²) in [7, 11) is 1.34. The van der Waals surface area contributed by atoms with Crippen molar-refractivity contribution >= 4 is 52.2 Å². The summed E-state index contributed by atoms with van der Waals surface area (Å²) < 4.78 is 10.3. The highest BCUT2D eigenvalue weighted by Gasteiger charge is 2.32. The predicted molar refractivity (Wildman–Crippen MR) is 116 cm³/mol. The van der Waals surface area contributed by atoms with E-state index >= 15 is 0 Å². The Labute approximate surface area is 177 Å². The van der Waals surface area contributed by atoms with Gasteiger partial charge in [-0.3, -0.25) is 9.59 Å². The van der Waals surface area contributed by atoms with Crippen molar-refractivity contribution in [3.8, 4) is 0 Å². The minimum Gasteiger partial charge on any atom is -0.469 e. The molecule has 1 amide bonds. The van der Waals surface area contributed by atoms with Crippen molar-refractivity contribution in [2.75, 3.05) is 18.4 Å². The third-order valence-electron chi connectivity index (χ3n) is 4.24. The predicted octanol–water partition coefficient (Wildman–Crippen LogP) is 4.92. The van der Waals surface area contributed by atoms with Gasteiger partial charge in [0.25, 0.3) is 5.91 Å². The Balaban J connectivity index is 2.10. The smallest absolute Gasteiger partial charge is 0.310 e. The summed E-state index contributed by atoms with van der Waals surface area (Å²) >= 11 is 7.47. The quantitative estimate of drug-likeness (QED) is 0.480. The first-order valence-electron chi connectivity index (χ1n) is 8.69. The molecule has 0 spiro atoms. The van der Waals surface area contributed by atoms with Crippen LogP contribution in [0.15, 0.2) is 68.7 Å². The molecular weight excluding hydrogens is 412 g/mol. The molecular formula is C21H19ClN2O4S. The summed E-state index contributed by atoms with van der Waals surface area (Å²) in [5.41, 5.74) is 2.06. The standard InChI is InChI=1S/C21H19ClN2O4S/c1-13-20(21(26)24(23-13)15-7-4-6-14(22)10-15)17(18-8-5-9-28-18)11-16(29-3)12-19(25)27-2/h4-11H,12H2,1-3H3/b16-11+,20-17+. The van der Waals surface area contributed by atoms with Gasteiger partial charge in [-0.25, -0.2) is 0 Å². The van der Waals surface area contributed by atoms with Crippen molar-refractivity contribution < 1.29 is 18.7 Å². The summed E-state index contributed by atoms with van der Waals surface area (Å²) in [4.78, 5) is 25.7. The van der Waals surface area contributed by atoms with Crippen LogP contribution in [0.2, 0.25) is 5.02 Å². The molecule has 0 bridgehead atoms. The van der Waals surface area contributed by atoms with Crippen molar-refractivity contribution in [2.24, 2.45) is 5.10 Å². The monoisotopic (exact) mass is 430 g/mol. The number of hydrazone groups is 1. The number of allylic oxidation sites excluding steroid dienone is 2. The van der Waals surface area contributed by atoms with Crippen LogP contribution in [0.3, 0.4) is 0 Å². The number of methoxy groups -OCH3 is 1. The van der Waals surface area contributed by atoms with E-state index in [2.05, 4.69) is 5.10 Å². The summed E-state index contributed by atoms with van der Waals surface area (Å²) in [6.07, 6.45) is 5.25. The van der Waals surface area contributed by atoms with Crippen LogP contribution in [0.5, 0.6) is 0 Å². The number of esters is 1. The normalized spacial score (nSPS) is 16.1. The van der Waals surface area contributed by atoms with Crippen molar-refractivity contribution in [1.29, 1.82) is 0 Å². The Morgan fingerprint density at radius 1 is 1.34 bits per heavy atom. The van der Waals surface area contributed by atoms with E-state index in [1.165, 1.54) is 30.1 Å². The molecule has 2 heterocycles. The Kier molecular flexibility index (Phi) is 6.61. The first kappa shape index (κ1) is 21.0. The second-order valence-electron chi connectivity index (χ2n) is 6.12. The molecule has 1 aliphatic rings. The largest absolute Gasteiger partial charge is 0.469 e. The molecule has 1 aromatic carbocycles. The number of rotatable bonds is 6. The van der Waals surface area contributed by atoms with Crippen LogP contribution in [-0.4, -0.2) is 31.0 Å². The lowest BCUT2D eigenvalue weighted by Gasteiger charge is -2.13. The van der Waals surface area contributed by atoms with Crippen molar-refractivity contribution in [3.63, 3.8) is 0 Å². The number of carbonyl (C=O) groups excluding carboxylic acids is 2. The van der Waals surface area contributed by atoms with Gasteiger partial charge >= 0.3 is 5.97 Å². The minimum atomic E-state index is -0.363. The average molecular weight is 431 g/mol. The highest BCUT2D eigenvalue weighted by Crippen LogP contribution is 2.33. The molecule has 0 saturated heterocycles. The first-order chi connectivity index (χ1) is 13.9. The van der Waals surface area contributed by atoms with Gasteiger partial charge in [0.1, 0.15) is 5.76 Å². The molecule has 2 aromatic rings. The SMILES string of the molecule is COC(=O)C/C(=C\C(=C1/C(=O)N(c2cccc(Cl)c2)N=C1C)c1ccco1)SC. The third kappa shape index (κ3) is 4.63. The average Bonchev–Trinajstić information content (AvgIpc) is 3.34. The molecule has 150 valence electrons. The molecule has 0 unspecified atom stereocenters. The second-order valence-corrected chi connectivity index (χ2v) is 7.48. The number of hydrogen-bond acceptors (Lipinski definition) is 6. The molecule has 6 nitrogen and oxygen atoms in total. The van der Waals surface area contributed by atoms with Crippen LogP contribution in [-0.2, 0) is 14.3 Å². The van der Waals surface area contributed by atoms with Gasteiger partial charge < -0.3 is 9.15 Å². The molecule has 0 fully saturated rings. The molecule has 0 atom stereocenters. The number of hydrogen-bond donors (Lipinski definition) is 0. The third-order valence-corrected chi connectivity index (χ3v) is 5.26. The van der Waals surface area contributed by atoms with Gasteiger partial charge in [-0.15, -0.1) is 11.8 Å². The summed E-state index contributed by atoms with van der Waals surface area (Å²) in [6, 6.07) is 10.4. The number of furan rings is 1. The van der Waals surface area contributed by atoms with Crippen LogP contribution in [0.1, 0.15) is 19.1 Å². The van der Waals surface area contributed by atoms with Gasteiger partial charge in [0, 0.05) is 10.6 Å². The molecule has 0 saturated carbocycles. The van der Waals surface area contributed by atoms with Gasteiger partial charge in [-0.1, -0.05) is 17.7 Å². The number of anilines is 1. The lowest BCUT2D eigenvalue weighted by molar-refractivity contribution is -0.139. The number of nitrogens with zero attached hydrogens (tertiary/aromatic N) is 2. The van der Waals surface area contributed by atoms with Crippen molar-refractivity contribution in [2.45, 2.75) is 13.3 Å². The molecule has 0 N–H and O–H groups in total. The maximum atomic E-state index is 13.3. The Morgan fingerprint density at radius 3 is 2.76 bits per heavy atom. The summed E-state index contributed by atoms with van der Waals surface area (Å²) in [5.74, 6) is -0.156. The maximum absolute atomic E-state index is 13.3. The van der Waals surface area contributed by atoms with Gasteiger partial charge in [0.15, 0.2) is 0 Å². The van der Waals surface area contributed by atoms with E-state index in [1.54, 1.807) is 49.4 Å². The van der Waals surface area contributed by atoms with E-state index in [9.17, 15) is 9.59 Å². The maximum Gasteiger partial charge on any atom is 0.310 e. The number of ether oxygens (including phenoxy) is 1. The molecule has 3 rings (SSSR count). The van der Waals surface area contributed by atoms with Gasteiger partial charge in [0.2, 0.25) is 0 Å². The summed E-state index contributed by atoms with van der Waals surface area (Å²) in [5, 5.41) is 6.24. The van der Waals surface area contributed by atoms with Crippen LogP contribution in [0, 0.1) is 0 Å². The van der Waals surface area contributed by atoms with Gasteiger partial charge in [-0.2, -0.15) is 10.1 Å². The van der Waals surface area contributed by atoms with E-state index < -0.39 is 0 Å². The molecule has 29 heavy (non-hydrogen) atoms. The zero-order valence-electron chi connectivity index (χ0n) is 16.1. The van der Waals surface area contributed by atoms with E-state index in [0.29, 0.717) is 33.3 Å². The van der Waals surface area contributed by atoms with Gasteiger partial charge in [-0.05, 0) is 54.5 Å².